The minimum absolute atomic E-state index is 0.0258. The predicted molar refractivity (Wildman–Crippen MR) is 127 cm³/mol. The molecular formula is C25H25N3O5. The van der Waals surface area contributed by atoms with Crippen LogP contribution in [0.5, 0.6) is 5.75 Å². The first-order valence-corrected chi connectivity index (χ1v) is 10.6. The lowest BCUT2D eigenvalue weighted by molar-refractivity contribution is -0.385. The quantitative estimate of drug-likeness (QED) is 0.373. The zero-order valence-electron chi connectivity index (χ0n) is 18.5. The molecule has 8 nitrogen and oxygen atoms in total. The summed E-state index contributed by atoms with van der Waals surface area (Å²) in [5, 5.41) is 14.0. The fourth-order valence-electron chi connectivity index (χ4n) is 3.37. The van der Waals surface area contributed by atoms with Gasteiger partial charge in [-0.25, -0.2) is 0 Å². The molecule has 2 amide bonds. The first-order chi connectivity index (χ1) is 15.9. The lowest BCUT2D eigenvalue weighted by Crippen LogP contribution is -2.31. The van der Waals surface area contributed by atoms with Crippen molar-refractivity contribution < 1.29 is 19.2 Å². The Balaban J connectivity index is 1.67. The Morgan fingerprint density at radius 3 is 2.30 bits per heavy atom. The van der Waals surface area contributed by atoms with Gasteiger partial charge >= 0.3 is 5.69 Å². The van der Waals surface area contributed by atoms with Crippen molar-refractivity contribution in [3.8, 4) is 5.75 Å². The van der Waals surface area contributed by atoms with E-state index in [-0.39, 0.29) is 35.9 Å². The van der Waals surface area contributed by atoms with E-state index in [1.54, 1.807) is 36.1 Å². The van der Waals surface area contributed by atoms with Gasteiger partial charge < -0.3 is 15.0 Å². The van der Waals surface area contributed by atoms with Crippen LogP contribution in [-0.2, 0) is 11.2 Å². The number of para-hydroxylation sites is 1. The van der Waals surface area contributed by atoms with E-state index in [4.69, 9.17) is 4.74 Å². The molecule has 0 aliphatic carbocycles. The number of hydrogen-bond acceptors (Lipinski definition) is 5. The molecule has 0 atom stereocenters. The summed E-state index contributed by atoms with van der Waals surface area (Å²) < 4.78 is 5.24. The van der Waals surface area contributed by atoms with Gasteiger partial charge in [0.1, 0.15) is 0 Å². The van der Waals surface area contributed by atoms with Crippen molar-refractivity contribution in [1.82, 2.24) is 0 Å². The number of hydrogen-bond donors (Lipinski definition) is 1. The van der Waals surface area contributed by atoms with Gasteiger partial charge in [-0.05, 0) is 55.8 Å². The SMILES string of the molecule is CCOc1ccc(C(=O)Nc2ccc(CC(=O)N(CC)c3ccccc3)cc2)cc1[N+](=O)[O-]. The molecule has 0 saturated heterocycles. The number of ether oxygens (including phenoxy) is 1. The third-order valence-corrected chi connectivity index (χ3v) is 4.97. The molecule has 8 heteroatoms. The van der Waals surface area contributed by atoms with Gasteiger partial charge in [0.05, 0.1) is 18.0 Å². The van der Waals surface area contributed by atoms with Crippen molar-refractivity contribution in [3.05, 3.63) is 94.0 Å². The van der Waals surface area contributed by atoms with Gasteiger partial charge in [0, 0.05) is 29.5 Å². The van der Waals surface area contributed by atoms with Gasteiger partial charge in [-0.1, -0.05) is 30.3 Å². The summed E-state index contributed by atoms with van der Waals surface area (Å²) in [6, 6.07) is 20.5. The Hall–Kier alpha value is -4.20. The van der Waals surface area contributed by atoms with E-state index in [0.717, 1.165) is 11.3 Å². The van der Waals surface area contributed by atoms with Gasteiger partial charge in [0.25, 0.3) is 5.91 Å². The molecule has 0 bridgehead atoms. The van der Waals surface area contributed by atoms with E-state index in [1.165, 1.54) is 18.2 Å². The molecule has 0 fully saturated rings. The largest absolute Gasteiger partial charge is 0.487 e. The number of nitro benzene ring substituents is 1. The Bertz CT molecular complexity index is 1130. The Labute approximate surface area is 191 Å². The molecule has 0 unspecified atom stereocenters. The van der Waals surface area contributed by atoms with E-state index in [2.05, 4.69) is 5.32 Å². The topological polar surface area (TPSA) is 102 Å². The van der Waals surface area contributed by atoms with Crippen molar-refractivity contribution in [1.29, 1.82) is 0 Å². The molecule has 33 heavy (non-hydrogen) atoms. The monoisotopic (exact) mass is 447 g/mol. The summed E-state index contributed by atoms with van der Waals surface area (Å²) >= 11 is 0. The van der Waals surface area contributed by atoms with Gasteiger partial charge in [-0.2, -0.15) is 0 Å². The number of amides is 2. The van der Waals surface area contributed by atoms with Crippen molar-refractivity contribution in [2.24, 2.45) is 0 Å². The maximum Gasteiger partial charge on any atom is 0.311 e. The van der Waals surface area contributed by atoms with Crippen LogP contribution in [0.25, 0.3) is 0 Å². The zero-order valence-corrected chi connectivity index (χ0v) is 18.5. The minimum atomic E-state index is -0.581. The average Bonchev–Trinajstić information content (AvgIpc) is 2.82. The zero-order chi connectivity index (χ0) is 23.8. The van der Waals surface area contributed by atoms with Crippen molar-refractivity contribution in [2.75, 3.05) is 23.4 Å². The van der Waals surface area contributed by atoms with Crippen LogP contribution < -0.4 is 15.0 Å². The Morgan fingerprint density at radius 2 is 1.70 bits per heavy atom. The van der Waals surface area contributed by atoms with Crippen LogP contribution in [0.4, 0.5) is 17.1 Å². The number of likely N-dealkylation sites (N-methyl/N-ethyl adjacent to an activating group) is 1. The Kier molecular flexibility index (Phi) is 7.75. The number of nitrogens with one attached hydrogen (secondary N) is 1. The van der Waals surface area contributed by atoms with Gasteiger partial charge in [0.2, 0.25) is 5.91 Å². The van der Waals surface area contributed by atoms with Gasteiger partial charge in [-0.15, -0.1) is 0 Å². The number of carbonyl (C=O) groups excluding carboxylic acids is 2. The van der Waals surface area contributed by atoms with Crippen LogP contribution in [0, 0.1) is 10.1 Å². The number of nitro groups is 1. The third-order valence-electron chi connectivity index (χ3n) is 4.97. The molecule has 0 spiro atoms. The highest BCUT2D eigenvalue weighted by atomic mass is 16.6. The molecule has 0 aliphatic rings. The maximum absolute atomic E-state index is 12.7. The fourth-order valence-corrected chi connectivity index (χ4v) is 3.37. The highest BCUT2D eigenvalue weighted by molar-refractivity contribution is 6.05. The normalized spacial score (nSPS) is 10.4. The molecule has 0 aliphatic heterocycles. The van der Waals surface area contributed by atoms with Crippen LogP contribution in [0.1, 0.15) is 29.8 Å². The smallest absolute Gasteiger partial charge is 0.311 e. The van der Waals surface area contributed by atoms with Crippen LogP contribution in [0.2, 0.25) is 0 Å². The highest BCUT2D eigenvalue weighted by Gasteiger charge is 2.19. The van der Waals surface area contributed by atoms with E-state index >= 15 is 0 Å². The van der Waals surface area contributed by atoms with Crippen LogP contribution in [0.15, 0.2) is 72.8 Å². The average molecular weight is 447 g/mol. The van der Waals surface area contributed by atoms with Crippen molar-refractivity contribution in [3.63, 3.8) is 0 Å². The van der Waals surface area contributed by atoms with Crippen molar-refractivity contribution >= 4 is 28.9 Å². The molecule has 0 radical (unpaired) electrons. The van der Waals surface area contributed by atoms with Crippen LogP contribution in [0.3, 0.4) is 0 Å². The second-order valence-corrected chi connectivity index (χ2v) is 7.17. The number of nitrogens with zero attached hydrogens (tertiary/aromatic N) is 2. The van der Waals surface area contributed by atoms with Crippen LogP contribution >= 0.6 is 0 Å². The van der Waals surface area contributed by atoms with E-state index in [0.29, 0.717) is 12.2 Å². The standard InChI is InChI=1S/C25H25N3O5/c1-3-27(21-8-6-5-7-9-21)24(29)16-18-10-13-20(14-11-18)26-25(30)19-12-15-23(33-4-2)22(17-19)28(31)32/h5-15,17H,3-4,16H2,1-2H3,(H,26,30). The summed E-state index contributed by atoms with van der Waals surface area (Å²) in [6.07, 6.45) is 0.224. The van der Waals surface area contributed by atoms with Gasteiger partial charge in [-0.3, -0.25) is 19.7 Å². The third kappa shape index (κ3) is 5.94. The number of benzene rings is 3. The summed E-state index contributed by atoms with van der Waals surface area (Å²) in [7, 11) is 0. The highest BCUT2D eigenvalue weighted by Crippen LogP contribution is 2.28. The lowest BCUT2D eigenvalue weighted by atomic mass is 10.1. The molecule has 0 aromatic heterocycles. The summed E-state index contributed by atoms with van der Waals surface area (Å²) in [4.78, 5) is 37.7. The Morgan fingerprint density at radius 1 is 1.00 bits per heavy atom. The first kappa shape index (κ1) is 23.5. The molecule has 3 rings (SSSR count). The number of anilines is 2. The second kappa shape index (κ2) is 10.9. The number of carbonyl (C=O) groups is 2. The maximum atomic E-state index is 12.7. The summed E-state index contributed by atoms with van der Waals surface area (Å²) in [5.74, 6) is -0.391. The minimum Gasteiger partial charge on any atom is -0.487 e. The summed E-state index contributed by atoms with van der Waals surface area (Å²) in [6.45, 7) is 4.49. The molecular weight excluding hydrogens is 422 g/mol. The molecule has 170 valence electrons. The second-order valence-electron chi connectivity index (χ2n) is 7.17. The first-order valence-electron chi connectivity index (χ1n) is 10.6. The summed E-state index contributed by atoms with van der Waals surface area (Å²) in [5.41, 5.74) is 2.05. The van der Waals surface area contributed by atoms with E-state index in [9.17, 15) is 19.7 Å². The van der Waals surface area contributed by atoms with Crippen molar-refractivity contribution in [2.45, 2.75) is 20.3 Å². The fraction of sp³-hybridized carbons (Fsp3) is 0.200. The molecule has 0 heterocycles. The molecule has 3 aromatic carbocycles. The van der Waals surface area contributed by atoms with E-state index < -0.39 is 10.8 Å². The molecule has 3 aromatic rings. The van der Waals surface area contributed by atoms with E-state index in [1.807, 2.05) is 37.3 Å². The number of rotatable bonds is 9. The lowest BCUT2D eigenvalue weighted by Gasteiger charge is -2.21. The van der Waals surface area contributed by atoms with Crippen LogP contribution in [-0.4, -0.2) is 29.9 Å². The predicted octanol–water partition coefficient (Wildman–Crippen LogP) is 4.84. The van der Waals surface area contributed by atoms with Gasteiger partial charge in [0.15, 0.2) is 5.75 Å². The molecule has 0 saturated carbocycles. The molecule has 1 N–H and O–H groups in total.